The number of piperazine rings is 1. The van der Waals surface area contributed by atoms with Gasteiger partial charge < -0.3 is 10.6 Å². The maximum Gasteiger partial charge on any atom is 0.124 e. The van der Waals surface area contributed by atoms with Crippen LogP contribution >= 0.6 is 0 Å². The molecule has 4 aromatic rings. The van der Waals surface area contributed by atoms with Crippen LogP contribution in [0.15, 0.2) is 97.1 Å². The standard InChI is InChI=1S/C30H32N4/c31-30-8-4-7-29(32-30)28-15-13-27(14-16-28)26-11-9-25(10-12-26)23-34-21-19-33(20-22-34)18-17-24-5-2-1-3-6-24/h1-16H,17-23H2,(H2,31,32). The Balaban J connectivity index is 1.12. The van der Waals surface area contributed by atoms with Crippen molar-refractivity contribution < 1.29 is 0 Å². The number of rotatable bonds is 7. The van der Waals surface area contributed by atoms with Crippen LogP contribution in [0, 0.1) is 0 Å². The molecule has 0 radical (unpaired) electrons. The number of hydrogen-bond acceptors (Lipinski definition) is 4. The second-order valence-corrected chi connectivity index (χ2v) is 9.08. The first-order chi connectivity index (χ1) is 16.7. The molecule has 4 heteroatoms. The van der Waals surface area contributed by atoms with Crippen LogP contribution < -0.4 is 5.73 Å². The summed E-state index contributed by atoms with van der Waals surface area (Å²) in [6.45, 7) is 6.75. The van der Waals surface area contributed by atoms with E-state index in [-0.39, 0.29) is 0 Å². The monoisotopic (exact) mass is 448 g/mol. The van der Waals surface area contributed by atoms with Crippen LogP contribution in [0.3, 0.4) is 0 Å². The van der Waals surface area contributed by atoms with Crippen molar-refractivity contribution in [2.24, 2.45) is 0 Å². The number of hydrogen-bond donors (Lipinski definition) is 1. The van der Waals surface area contributed by atoms with Gasteiger partial charge in [0.05, 0.1) is 5.69 Å². The minimum Gasteiger partial charge on any atom is -0.384 e. The van der Waals surface area contributed by atoms with Crippen molar-refractivity contribution in [3.8, 4) is 22.4 Å². The van der Waals surface area contributed by atoms with Crippen LogP contribution in [0.4, 0.5) is 5.82 Å². The molecule has 0 atom stereocenters. The largest absolute Gasteiger partial charge is 0.384 e. The van der Waals surface area contributed by atoms with Crippen molar-refractivity contribution in [3.05, 3.63) is 108 Å². The van der Waals surface area contributed by atoms with E-state index in [0.717, 1.165) is 56.9 Å². The molecule has 2 N–H and O–H groups in total. The highest BCUT2D eigenvalue weighted by Gasteiger charge is 2.16. The molecule has 4 nitrogen and oxygen atoms in total. The van der Waals surface area contributed by atoms with Gasteiger partial charge in [0.25, 0.3) is 0 Å². The number of benzene rings is 3. The first kappa shape index (κ1) is 22.3. The molecule has 0 bridgehead atoms. The van der Waals surface area contributed by atoms with E-state index < -0.39 is 0 Å². The van der Waals surface area contributed by atoms with Gasteiger partial charge in [-0.2, -0.15) is 0 Å². The lowest BCUT2D eigenvalue weighted by Gasteiger charge is -2.34. The van der Waals surface area contributed by atoms with E-state index in [1.54, 1.807) is 0 Å². The maximum absolute atomic E-state index is 5.82. The molecule has 1 aromatic heterocycles. The number of nitrogens with zero attached hydrogens (tertiary/aromatic N) is 3. The third-order valence-electron chi connectivity index (χ3n) is 6.67. The van der Waals surface area contributed by atoms with Crippen molar-refractivity contribution >= 4 is 5.82 Å². The van der Waals surface area contributed by atoms with E-state index in [2.05, 4.69) is 93.6 Å². The Kier molecular flexibility index (Phi) is 6.99. The van der Waals surface area contributed by atoms with Crippen molar-refractivity contribution in [2.45, 2.75) is 13.0 Å². The molecule has 0 saturated carbocycles. The Morgan fingerprint density at radius 1 is 0.588 bits per heavy atom. The molecule has 172 valence electrons. The molecule has 0 spiro atoms. The highest BCUT2D eigenvalue weighted by atomic mass is 15.3. The molecular formula is C30H32N4. The second kappa shape index (κ2) is 10.6. The highest BCUT2D eigenvalue weighted by Crippen LogP contribution is 2.25. The minimum atomic E-state index is 0.547. The average Bonchev–Trinajstić information content (AvgIpc) is 2.89. The van der Waals surface area contributed by atoms with Crippen LogP contribution in [0.2, 0.25) is 0 Å². The number of nitrogen functional groups attached to an aromatic ring is 1. The lowest BCUT2D eigenvalue weighted by atomic mass is 10.0. The lowest BCUT2D eigenvalue weighted by molar-refractivity contribution is 0.128. The molecular weight excluding hydrogens is 416 g/mol. The Morgan fingerprint density at radius 3 is 1.88 bits per heavy atom. The number of aromatic nitrogens is 1. The van der Waals surface area contributed by atoms with E-state index in [0.29, 0.717) is 5.82 Å². The molecule has 5 rings (SSSR count). The average molecular weight is 449 g/mol. The quantitative estimate of drug-likeness (QED) is 0.414. The van der Waals surface area contributed by atoms with Crippen LogP contribution in [-0.4, -0.2) is 47.5 Å². The molecule has 0 amide bonds. The molecule has 1 fully saturated rings. The molecule has 2 heterocycles. The summed E-state index contributed by atoms with van der Waals surface area (Å²) in [6.07, 6.45) is 1.14. The van der Waals surface area contributed by atoms with Gasteiger partial charge in [-0.3, -0.25) is 4.90 Å². The summed E-state index contributed by atoms with van der Waals surface area (Å²) in [7, 11) is 0. The van der Waals surface area contributed by atoms with Crippen LogP contribution in [0.25, 0.3) is 22.4 Å². The fourth-order valence-electron chi connectivity index (χ4n) is 4.61. The summed E-state index contributed by atoms with van der Waals surface area (Å²) in [4.78, 5) is 9.58. The summed E-state index contributed by atoms with van der Waals surface area (Å²) in [5, 5.41) is 0. The van der Waals surface area contributed by atoms with Gasteiger partial charge in [0.15, 0.2) is 0 Å². The van der Waals surface area contributed by atoms with Crippen LogP contribution in [0.1, 0.15) is 11.1 Å². The summed E-state index contributed by atoms with van der Waals surface area (Å²) >= 11 is 0. The molecule has 34 heavy (non-hydrogen) atoms. The molecule has 0 unspecified atom stereocenters. The van der Waals surface area contributed by atoms with Crippen molar-refractivity contribution in [2.75, 3.05) is 38.5 Å². The van der Waals surface area contributed by atoms with Gasteiger partial charge in [-0.05, 0) is 40.8 Å². The Labute approximate surface area is 202 Å². The smallest absolute Gasteiger partial charge is 0.124 e. The van der Waals surface area contributed by atoms with Gasteiger partial charge >= 0.3 is 0 Å². The number of nitrogens with two attached hydrogens (primary N) is 1. The van der Waals surface area contributed by atoms with Gasteiger partial charge in [0.2, 0.25) is 0 Å². The SMILES string of the molecule is Nc1cccc(-c2ccc(-c3ccc(CN4CCN(CCc5ccccc5)CC4)cc3)cc2)n1. The number of pyridine rings is 1. The third kappa shape index (κ3) is 5.71. The maximum atomic E-state index is 5.82. The van der Waals surface area contributed by atoms with E-state index in [1.807, 2.05) is 18.2 Å². The van der Waals surface area contributed by atoms with Gasteiger partial charge in [-0.1, -0.05) is 84.9 Å². The number of anilines is 1. The summed E-state index contributed by atoms with van der Waals surface area (Å²) in [6, 6.07) is 34.1. The zero-order valence-corrected chi connectivity index (χ0v) is 19.6. The van der Waals surface area contributed by atoms with E-state index in [1.165, 1.54) is 22.3 Å². The van der Waals surface area contributed by atoms with E-state index in [4.69, 9.17) is 5.73 Å². The summed E-state index contributed by atoms with van der Waals surface area (Å²) < 4.78 is 0. The van der Waals surface area contributed by atoms with Crippen LogP contribution in [-0.2, 0) is 13.0 Å². The fraction of sp³-hybridized carbons (Fsp3) is 0.233. The van der Waals surface area contributed by atoms with E-state index in [9.17, 15) is 0 Å². The predicted molar refractivity (Wildman–Crippen MR) is 141 cm³/mol. The predicted octanol–water partition coefficient (Wildman–Crippen LogP) is 5.36. The Morgan fingerprint density at radius 2 is 1.21 bits per heavy atom. The van der Waals surface area contributed by atoms with Gasteiger partial charge in [-0.15, -0.1) is 0 Å². The summed E-state index contributed by atoms with van der Waals surface area (Å²) in [5.41, 5.74) is 13.1. The zero-order valence-electron chi connectivity index (χ0n) is 19.6. The van der Waals surface area contributed by atoms with Crippen molar-refractivity contribution in [1.29, 1.82) is 0 Å². The van der Waals surface area contributed by atoms with Gasteiger partial charge in [0, 0.05) is 44.8 Å². The third-order valence-corrected chi connectivity index (χ3v) is 6.67. The van der Waals surface area contributed by atoms with Crippen LogP contribution in [0.5, 0.6) is 0 Å². The fourth-order valence-corrected chi connectivity index (χ4v) is 4.61. The molecule has 1 aliphatic rings. The molecule has 0 aliphatic carbocycles. The minimum absolute atomic E-state index is 0.547. The molecule has 1 saturated heterocycles. The van der Waals surface area contributed by atoms with Crippen molar-refractivity contribution in [1.82, 2.24) is 14.8 Å². The van der Waals surface area contributed by atoms with Gasteiger partial charge in [-0.25, -0.2) is 4.98 Å². The normalized spacial score (nSPS) is 14.8. The van der Waals surface area contributed by atoms with E-state index >= 15 is 0 Å². The lowest BCUT2D eigenvalue weighted by Crippen LogP contribution is -2.46. The second-order valence-electron chi connectivity index (χ2n) is 9.08. The Bertz CT molecular complexity index is 1180. The van der Waals surface area contributed by atoms with Crippen molar-refractivity contribution in [3.63, 3.8) is 0 Å². The molecule has 1 aliphatic heterocycles. The topological polar surface area (TPSA) is 45.4 Å². The van der Waals surface area contributed by atoms with Gasteiger partial charge in [0.1, 0.15) is 5.82 Å². The Hall–Kier alpha value is -3.47. The first-order valence-corrected chi connectivity index (χ1v) is 12.1. The summed E-state index contributed by atoms with van der Waals surface area (Å²) in [5.74, 6) is 0.547. The molecule has 3 aromatic carbocycles. The zero-order chi connectivity index (χ0) is 23.2. The highest BCUT2D eigenvalue weighted by molar-refractivity contribution is 5.69. The first-order valence-electron chi connectivity index (χ1n) is 12.1.